The quantitative estimate of drug-likeness (QED) is 0.518. The summed E-state index contributed by atoms with van der Waals surface area (Å²) in [5.74, 6) is 0.0703. The lowest BCUT2D eigenvalue weighted by Gasteiger charge is -2.36. The number of thiophene rings is 1. The van der Waals surface area contributed by atoms with Crippen molar-refractivity contribution in [2.45, 2.75) is 30.5 Å². The molecule has 10 heteroatoms. The van der Waals surface area contributed by atoms with Gasteiger partial charge in [-0.15, -0.1) is 0 Å². The minimum absolute atomic E-state index is 0.0199. The maximum absolute atomic E-state index is 13.7. The van der Waals surface area contributed by atoms with Crippen LogP contribution in [-0.2, 0) is 20.0 Å². The third-order valence-corrected chi connectivity index (χ3v) is 10.2. The van der Waals surface area contributed by atoms with E-state index in [2.05, 4.69) is 4.98 Å². The topological polar surface area (TPSA) is 87.6 Å². The van der Waals surface area contributed by atoms with Gasteiger partial charge in [-0.05, 0) is 72.5 Å². The van der Waals surface area contributed by atoms with Crippen LogP contribution in [0.1, 0.15) is 18.9 Å². The molecule has 1 aliphatic rings. The van der Waals surface area contributed by atoms with E-state index in [0.29, 0.717) is 13.1 Å². The number of rotatable bonds is 7. The fourth-order valence-corrected chi connectivity index (χ4v) is 7.68. The predicted octanol–water partition coefficient (Wildman–Crippen LogP) is 3.70. The first kappa shape index (κ1) is 21.9. The average molecular weight is 478 g/mol. The van der Waals surface area contributed by atoms with Crippen LogP contribution in [0.5, 0.6) is 0 Å². The second kappa shape index (κ2) is 8.34. The summed E-state index contributed by atoms with van der Waals surface area (Å²) in [7, 11) is -8.06. The second-order valence-electron chi connectivity index (χ2n) is 7.43. The number of aryl methyl sites for hydroxylation is 1. The molecule has 2 aromatic heterocycles. The molecule has 0 radical (unpaired) electrons. The van der Waals surface area contributed by atoms with E-state index in [1.807, 2.05) is 23.8 Å². The van der Waals surface area contributed by atoms with Gasteiger partial charge in [0, 0.05) is 19.3 Å². The molecule has 0 amide bonds. The molecular weight excluding hydrogens is 454 g/mol. The minimum Gasteiger partial charge on any atom is -0.238 e. The van der Waals surface area contributed by atoms with Gasteiger partial charge >= 0.3 is 0 Å². The largest absolute Gasteiger partial charge is 0.266 e. The summed E-state index contributed by atoms with van der Waals surface area (Å²) in [6.07, 6.45) is 2.27. The highest BCUT2D eigenvalue weighted by molar-refractivity contribution is 7.95. The molecule has 1 unspecified atom stereocenters. The van der Waals surface area contributed by atoms with Gasteiger partial charge < -0.3 is 0 Å². The highest BCUT2D eigenvalue weighted by atomic mass is 32.2. The van der Waals surface area contributed by atoms with Gasteiger partial charge in [-0.25, -0.2) is 30.4 Å². The zero-order valence-electron chi connectivity index (χ0n) is 17.2. The fraction of sp³-hybridized carbons (Fsp3) is 0.286. The van der Waals surface area contributed by atoms with Crippen molar-refractivity contribution >= 4 is 37.2 Å². The molecule has 1 saturated heterocycles. The molecule has 0 bridgehead atoms. The fourth-order valence-electron chi connectivity index (χ4n) is 3.35. The number of benzene rings is 1. The van der Waals surface area contributed by atoms with E-state index in [1.165, 1.54) is 40.9 Å². The molecule has 4 rings (SSSR count). The lowest BCUT2D eigenvalue weighted by molar-refractivity contribution is 0.306. The van der Waals surface area contributed by atoms with Crippen molar-refractivity contribution < 1.29 is 16.8 Å². The first-order chi connectivity index (χ1) is 14.7. The molecule has 164 valence electrons. The molecule has 0 aliphatic carbocycles. The van der Waals surface area contributed by atoms with Crippen LogP contribution in [0.2, 0.25) is 0 Å². The Hall–Kier alpha value is -2.27. The van der Waals surface area contributed by atoms with Crippen LogP contribution >= 0.6 is 11.3 Å². The summed E-state index contributed by atoms with van der Waals surface area (Å²) in [6, 6.07) is 11.7. The number of hydrogen-bond acceptors (Lipinski definition) is 6. The Bertz CT molecular complexity index is 1270. The van der Waals surface area contributed by atoms with Gasteiger partial charge in [0.15, 0.2) is 5.37 Å². The molecule has 0 N–H and O–H groups in total. The molecule has 1 aromatic carbocycles. The number of nitrogens with zero attached hydrogens (tertiary/aromatic N) is 3. The first-order valence-corrected chi connectivity index (χ1v) is 13.7. The van der Waals surface area contributed by atoms with E-state index in [1.54, 1.807) is 24.3 Å². The zero-order chi connectivity index (χ0) is 22.2. The maximum Gasteiger partial charge on any atom is 0.266 e. The van der Waals surface area contributed by atoms with Crippen molar-refractivity contribution in [2.75, 3.05) is 17.4 Å². The van der Waals surface area contributed by atoms with E-state index >= 15 is 0 Å². The summed E-state index contributed by atoms with van der Waals surface area (Å²) in [4.78, 5) is 4.28. The number of aromatic nitrogens is 1. The van der Waals surface area contributed by atoms with E-state index < -0.39 is 25.4 Å². The number of hydrogen-bond donors (Lipinski definition) is 0. The van der Waals surface area contributed by atoms with Gasteiger partial charge in [0.05, 0.1) is 4.90 Å². The van der Waals surface area contributed by atoms with Crippen molar-refractivity contribution in [3.05, 3.63) is 65.0 Å². The third-order valence-electron chi connectivity index (χ3n) is 5.34. The van der Waals surface area contributed by atoms with Crippen LogP contribution in [0, 0.1) is 6.92 Å². The standard InChI is InChI=1S/C21H23N3O4S3/c1-16-4-6-20(7-5-16)31(27,28)24(17(2)30(25,26)23-11-3-12-23)21-14-18(8-10-22-21)19-9-13-29-15-19/h4-10,13-15,17H,3,11-12H2,1-2H3. The van der Waals surface area contributed by atoms with Gasteiger partial charge in [0.2, 0.25) is 10.0 Å². The van der Waals surface area contributed by atoms with Crippen molar-refractivity contribution in [3.8, 4) is 11.1 Å². The monoisotopic (exact) mass is 477 g/mol. The van der Waals surface area contributed by atoms with Crippen LogP contribution in [0.15, 0.2) is 64.3 Å². The molecular formula is C21H23N3O4S3. The second-order valence-corrected chi connectivity index (χ2v) is 12.2. The van der Waals surface area contributed by atoms with E-state index in [0.717, 1.165) is 27.4 Å². The van der Waals surface area contributed by atoms with E-state index in [-0.39, 0.29) is 10.7 Å². The van der Waals surface area contributed by atoms with Crippen molar-refractivity contribution in [3.63, 3.8) is 0 Å². The predicted molar refractivity (Wildman–Crippen MR) is 123 cm³/mol. The summed E-state index contributed by atoms with van der Waals surface area (Å²) >= 11 is 1.52. The highest BCUT2D eigenvalue weighted by Crippen LogP contribution is 2.32. The third kappa shape index (κ3) is 4.12. The summed E-state index contributed by atoms with van der Waals surface area (Å²) in [6.45, 7) is 4.05. The lowest BCUT2D eigenvalue weighted by atomic mass is 10.1. The molecule has 1 fully saturated rings. The molecule has 3 aromatic rings. The summed E-state index contributed by atoms with van der Waals surface area (Å²) < 4.78 is 55.9. The first-order valence-electron chi connectivity index (χ1n) is 9.80. The highest BCUT2D eigenvalue weighted by Gasteiger charge is 2.42. The number of pyridine rings is 1. The molecule has 1 atom stereocenters. The Morgan fingerprint density at radius 1 is 1.03 bits per heavy atom. The Kier molecular flexibility index (Phi) is 5.91. The van der Waals surface area contributed by atoms with Crippen LogP contribution in [-0.4, -0.2) is 44.6 Å². The van der Waals surface area contributed by atoms with Gasteiger partial charge in [-0.2, -0.15) is 11.3 Å². The van der Waals surface area contributed by atoms with Crippen molar-refractivity contribution in [1.29, 1.82) is 0 Å². The smallest absolute Gasteiger partial charge is 0.238 e. The number of anilines is 1. The Morgan fingerprint density at radius 2 is 1.74 bits per heavy atom. The molecule has 31 heavy (non-hydrogen) atoms. The molecule has 0 spiro atoms. The van der Waals surface area contributed by atoms with Gasteiger partial charge in [-0.1, -0.05) is 17.7 Å². The average Bonchev–Trinajstić information content (AvgIpc) is 3.21. The SMILES string of the molecule is Cc1ccc(S(=O)(=O)N(c2cc(-c3ccsc3)ccn2)C(C)S(=O)(=O)N2CCC2)cc1. The Labute approximate surface area is 187 Å². The maximum atomic E-state index is 13.7. The van der Waals surface area contributed by atoms with Gasteiger partial charge in [0.1, 0.15) is 5.82 Å². The Balaban J connectivity index is 1.85. The van der Waals surface area contributed by atoms with Crippen LogP contribution in [0.4, 0.5) is 5.82 Å². The van der Waals surface area contributed by atoms with E-state index in [4.69, 9.17) is 0 Å². The normalized spacial score (nSPS) is 15.9. The van der Waals surface area contributed by atoms with Crippen molar-refractivity contribution in [2.24, 2.45) is 0 Å². The Morgan fingerprint density at radius 3 is 2.32 bits per heavy atom. The molecule has 3 heterocycles. The molecule has 0 saturated carbocycles. The molecule has 1 aliphatic heterocycles. The van der Waals surface area contributed by atoms with Crippen LogP contribution in [0.3, 0.4) is 0 Å². The summed E-state index contributed by atoms with van der Waals surface area (Å²) in [5, 5.41) is 2.52. The lowest BCUT2D eigenvalue weighted by Crippen LogP contribution is -2.53. The van der Waals surface area contributed by atoms with Gasteiger partial charge in [0.25, 0.3) is 10.0 Å². The van der Waals surface area contributed by atoms with Gasteiger partial charge in [-0.3, -0.25) is 0 Å². The zero-order valence-corrected chi connectivity index (χ0v) is 19.6. The van der Waals surface area contributed by atoms with E-state index in [9.17, 15) is 16.8 Å². The number of sulfonamides is 2. The van der Waals surface area contributed by atoms with Crippen LogP contribution < -0.4 is 4.31 Å². The van der Waals surface area contributed by atoms with Crippen molar-refractivity contribution in [1.82, 2.24) is 9.29 Å². The molecule has 7 nitrogen and oxygen atoms in total. The van der Waals surface area contributed by atoms with Crippen LogP contribution in [0.25, 0.3) is 11.1 Å². The summed E-state index contributed by atoms with van der Waals surface area (Å²) in [5.41, 5.74) is 2.59. The minimum atomic E-state index is -4.19.